The van der Waals surface area contributed by atoms with E-state index in [4.69, 9.17) is 9.47 Å². The first kappa shape index (κ1) is 20.4. The van der Waals surface area contributed by atoms with Gasteiger partial charge in [-0.1, -0.05) is 12.1 Å². The van der Waals surface area contributed by atoms with Crippen molar-refractivity contribution in [3.8, 4) is 22.8 Å². The van der Waals surface area contributed by atoms with Gasteiger partial charge in [0.05, 0.1) is 31.1 Å². The van der Waals surface area contributed by atoms with Gasteiger partial charge in [0.25, 0.3) is 0 Å². The highest BCUT2D eigenvalue weighted by Gasteiger charge is 2.39. The molecule has 0 saturated heterocycles. The normalized spacial score (nSPS) is 11.4. The van der Waals surface area contributed by atoms with Crippen LogP contribution in [0.3, 0.4) is 0 Å². The van der Waals surface area contributed by atoms with Crippen molar-refractivity contribution in [3.05, 3.63) is 67.1 Å². The second-order valence-electron chi connectivity index (χ2n) is 6.46. The lowest BCUT2D eigenvalue weighted by atomic mass is 10.0. The predicted molar refractivity (Wildman–Crippen MR) is 111 cm³/mol. The van der Waals surface area contributed by atoms with Gasteiger partial charge in [-0.2, -0.15) is 0 Å². The standard InChI is InChI=1S/C22H17F3N4O2/c1-30-18-7-5-6-15(21(18)31-2)20-16-12-14(9-10-17(16)27-13-28-20)29(22(23,24)25)19-8-3-4-11-26-19/h3-13H,1-2H3. The minimum Gasteiger partial charge on any atom is -0.493 e. The monoisotopic (exact) mass is 426 g/mol. The van der Waals surface area contributed by atoms with E-state index in [1.165, 1.54) is 57.1 Å². The summed E-state index contributed by atoms with van der Waals surface area (Å²) in [6.45, 7) is 0. The number of benzene rings is 2. The van der Waals surface area contributed by atoms with Crippen molar-refractivity contribution in [1.29, 1.82) is 0 Å². The quantitative estimate of drug-likeness (QED) is 0.400. The third-order valence-corrected chi connectivity index (χ3v) is 4.67. The molecule has 6 nitrogen and oxygen atoms in total. The molecule has 158 valence electrons. The molecule has 0 unspecified atom stereocenters. The van der Waals surface area contributed by atoms with Gasteiger partial charge in [0.1, 0.15) is 12.1 Å². The van der Waals surface area contributed by atoms with Crippen molar-refractivity contribution in [2.75, 3.05) is 19.1 Å². The van der Waals surface area contributed by atoms with E-state index in [-0.39, 0.29) is 16.4 Å². The molecule has 0 bridgehead atoms. The first-order chi connectivity index (χ1) is 14.9. The third-order valence-electron chi connectivity index (χ3n) is 4.67. The molecule has 0 atom stereocenters. The Morgan fingerprint density at radius 3 is 2.39 bits per heavy atom. The molecule has 2 aromatic carbocycles. The summed E-state index contributed by atoms with van der Waals surface area (Å²) in [5, 5.41) is 0.428. The summed E-state index contributed by atoms with van der Waals surface area (Å²) in [5.74, 6) is 0.660. The zero-order valence-corrected chi connectivity index (χ0v) is 16.6. The fraction of sp³-hybridized carbons (Fsp3) is 0.136. The molecular weight excluding hydrogens is 409 g/mol. The van der Waals surface area contributed by atoms with E-state index in [1.54, 1.807) is 24.3 Å². The molecule has 0 fully saturated rings. The average molecular weight is 426 g/mol. The van der Waals surface area contributed by atoms with Gasteiger partial charge >= 0.3 is 6.30 Å². The summed E-state index contributed by atoms with van der Waals surface area (Å²) >= 11 is 0. The van der Waals surface area contributed by atoms with Gasteiger partial charge in [-0.3, -0.25) is 0 Å². The van der Waals surface area contributed by atoms with Gasteiger partial charge in [-0.05, 0) is 42.5 Å². The molecule has 31 heavy (non-hydrogen) atoms. The largest absolute Gasteiger partial charge is 0.493 e. The van der Waals surface area contributed by atoms with Gasteiger partial charge in [0.2, 0.25) is 0 Å². The Kier molecular flexibility index (Phi) is 5.33. The second kappa shape index (κ2) is 8.10. The molecule has 0 aliphatic carbocycles. The maximum Gasteiger partial charge on any atom is 0.490 e. The molecule has 0 N–H and O–H groups in total. The zero-order valence-electron chi connectivity index (χ0n) is 16.6. The van der Waals surface area contributed by atoms with Gasteiger partial charge in [0, 0.05) is 17.1 Å². The average Bonchev–Trinajstić information content (AvgIpc) is 2.78. The molecular formula is C22H17F3N4O2. The Morgan fingerprint density at radius 2 is 1.71 bits per heavy atom. The van der Waals surface area contributed by atoms with Crippen LogP contribution in [0.15, 0.2) is 67.1 Å². The molecule has 0 radical (unpaired) electrons. The molecule has 0 aliphatic heterocycles. The molecule has 4 rings (SSSR count). The number of fused-ring (bicyclic) bond motifs is 1. The van der Waals surface area contributed by atoms with Gasteiger partial charge in [0.15, 0.2) is 11.5 Å². The molecule has 4 aromatic rings. The first-order valence-electron chi connectivity index (χ1n) is 9.18. The van der Waals surface area contributed by atoms with Crippen molar-refractivity contribution in [2.24, 2.45) is 0 Å². The number of methoxy groups -OCH3 is 2. The summed E-state index contributed by atoms with van der Waals surface area (Å²) in [6.07, 6.45) is -2.02. The number of para-hydroxylation sites is 1. The van der Waals surface area contributed by atoms with Gasteiger partial charge in [-0.25, -0.2) is 19.9 Å². The molecule has 0 spiro atoms. The van der Waals surface area contributed by atoms with Crippen molar-refractivity contribution in [2.45, 2.75) is 6.30 Å². The van der Waals surface area contributed by atoms with Crippen LogP contribution in [0, 0.1) is 0 Å². The van der Waals surface area contributed by atoms with Crippen LogP contribution < -0.4 is 14.4 Å². The van der Waals surface area contributed by atoms with Crippen LogP contribution in [0.4, 0.5) is 24.7 Å². The zero-order chi connectivity index (χ0) is 22.0. The van der Waals surface area contributed by atoms with Crippen LogP contribution >= 0.6 is 0 Å². The van der Waals surface area contributed by atoms with Crippen LogP contribution in [0.5, 0.6) is 11.5 Å². The van der Waals surface area contributed by atoms with E-state index in [0.29, 0.717) is 33.7 Å². The summed E-state index contributed by atoms with van der Waals surface area (Å²) in [5.41, 5.74) is 1.37. The topological polar surface area (TPSA) is 60.4 Å². The smallest absolute Gasteiger partial charge is 0.490 e. The third kappa shape index (κ3) is 3.81. The molecule has 0 amide bonds. The van der Waals surface area contributed by atoms with Gasteiger partial charge < -0.3 is 9.47 Å². The lowest BCUT2D eigenvalue weighted by molar-refractivity contribution is -0.121. The van der Waals surface area contributed by atoms with E-state index in [9.17, 15) is 13.2 Å². The minimum absolute atomic E-state index is 0.114. The Balaban J connectivity index is 1.95. The number of hydrogen-bond acceptors (Lipinski definition) is 6. The number of rotatable bonds is 5. The molecule has 0 aliphatic rings. The van der Waals surface area contributed by atoms with Crippen LogP contribution in [-0.4, -0.2) is 35.5 Å². The summed E-state index contributed by atoms with van der Waals surface area (Å²) in [4.78, 5) is 12.6. The second-order valence-corrected chi connectivity index (χ2v) is 6.46. The lowest BCUT2D eigenvalue weighted by Crippen LogP contribution is -2.34. The molecule has 9 heteroatoms. The highest BCUT2D eigenvalue weighted by Crippen LogP contribution is 2.41. The number of alkyl halides is 3. The van der Waals surface area contributed by atoms with Crippen LogP contribution in [0.25, 0.3) is 22.2 Å². The number of aromatic nitrogens is 3. The predicted octanol–water partition coefficient (Wildman–Crippen LogP) is 5.37. The maximum atomic E-state index is 14.0. The fourth-order valence-corrected chi connectivity index (χ4v) is 3.37. The number of pyridine rings is 1. The van der Waals surface area contributed by atoms with E-state index >= 15 is 0 Å². The number of nitrogens with zero attached hydrogens (tertiary/aromatic N) is 4. The van der Waals surface area contributed by atoms with Crippen molar-refractivity contribution < 1.29 is 22.6 Å². The number of ether oxygens (including phenoxy) is 2. The van der Waals surface area contributed by atoms with E-state index < -0.39 is 6.30 Å². The molecule has 0 saturated carbocycles. The number of anilines is 2. The Hall–Kier alpha value is -3.88. The SMILES string of the molecule is COc1cccc(-c2ncnc3ccc(N(c4ccccn4)C(F)(F)F)cc23)c1OC. The Labute approximate surface area is 175 Å². The highest BCUT2D eigenvalue weighted by atomic mass is 19.4. The van der Waals surface area contributed by atoms with E-state index in [2.05, 4.69) is 15.0 Å². The van der Waals surface area contributed by atoms with Crippen molar-refractivity contribution in [1.82, 2.24) is 15.0 Å². The van der Waals surface area contributed by atoms with Gasteiger partial charge in [-0.15, -0.1) is 13.2 Å². The van der Waals surface area contributed by atoms with E-state index in [1.807, 2.05) is 0 Å². The molecule has 2 heterocycles. The maximum absolute atomic E-state index is 14.0. The van der Waals surface area contributed by atoms with Crippen molar-refractivity contribution in [3.63, 3.8) is 0 Å². The first-order valence-corrected chi connectivity index (χ1v) is 9.18. The van der Waals surface area contributed by atoms with Crippen LogP contribution in [0.1, 0.15) is 0 Å². The van der Waals surface area contributed by atoms with Crippen LogP contribution in [-0.2, 0) is 0 Å². The fourth-order valence-electron chi connectivity index (χ4n) is 3.37. The van der Waals surface area contributed by atoms with Crippen molar-refractivity contribution >= 4 is 22.4 Å². The Morgan fingerprint density at radius 1 is 0.871 bits per heavy atom. The summed E-state index contributed by atoms with van der Waals surface area (Å²) < 4.78 is 52.7. The molecule has 2 aromatic heterocycles. The Bertz CT molecular complexity index is 1220. The van der Waals surface area contributed by atoms with Crippen LogP contribution in [0.2, 0.25) is 0 Å². The summed E-state index contributed by atoms with van der Waals surface area (Å²) in [6, 6.07) is 13.9. The summed E-state index contributed by atoms with van der Waals surface area (Å²) in [7, 11) is 2.99. The number of hydrogen-bond donors (Lipinski definition) is 0. The minimum atomic E-state index is -4.69. The lowest BCUT2D eigenvalue weighted by Gasteiger charge is -2.26. The highest BCUT2D eigenvalue weighted by molar-refractivity contribution is 5.96. The number of halogens is 3. The van der Waals surface area contributed by atoms with E-state index in [0.717, 1.165) is 0 Å².